The van der Waals surface area contributed by atoms with Crippen molar-refractivity contribution in [1.82, 2.24) is 5.32 Å². The molecule has 0 spiro atoms. The lowest BCUT2D eigenvalue weighted by Gasteiger charge is -2.17. The van der Waals surface area contributed by atoms with Gasteiger partial charge in [-0.2, -0.15) is 0 Å². The lowest BCUT2D eigenvalue weighted by atomic mass is 10.1. The van der Waals surface area contributed by atoms with Gasteiger partial charge in [-0.15, -0.1) is 0 Å². The van der Waals surface area contributed by atoms with Crippen LogP contribution in [0.1, 0.15) is 25.0 Å². The van der Waals surface area contributed by atoms with E-state index in [4.69, 9.17) is 14.2 Å². The maximum atomic E-state index is 5.50. The molecule has 1 N–H and O–H groups in total. The Labute approximate surface area is 115 Å². The minimum absolute atomic E-state index is 0.159. The van der Waals surface area contributed by atoms with Crippen molar-refractivity contribution in [2.24, 2.45) is 0 Å². The van der Waals surface area contributed by atoms with Gasteiger partial charge in [0, 0.05) is 32.7 Å². The summed E-state index contributed by atoms with van der Waals surface area (Å²) in [6, 6.07) is 6.38. The second-order valence-electron chi connectivity index (χ2n) is 4.51. The van der Waals surface area contributed by atoms with Crippen molar-refractivity contribution in [1.29, 1.82) is 0 Å². The van der Waals surface area contributed by atoms with E-state index in [1.807, 2.05) is 13.8 Å². The number of nitrogens with one attached hydrogen (secondary N) is 1. The molecule has 0 bridgehead atoms. The van der Waals surface area contributed by atoms with E-state index in [9.17, 15) is 0 Å². The van der Waals surface area contributed by atoms with Crippen molar-refractivity contribution in [2.75, 3.05) is 26.4 Å². The van der Waals surface area contributed by atoms with Gasteiger partial charge < -0.3 is 19.5 Å². The molecule has 1 aromatic carbocycles. The van der Waals surface area contributed by atoms with Crippen LogP contribution in [0.15, 0.2) is 18.2 Å². The highest BCUT2D eigenvalue weighted by molar-refractivity contribution is 5.39. The van der Waals surface area contributed by atoms with Crippen molar-refractivity contribution >= 4 is 0 Å². The smallest absolute Gasteiger partial charge is 0.169 e. The average Bonchev–Trinajstić information content (AvgIpc) is 2.86. The summed E-state index contributed by atoms with van der Waals surface area (Å²) < 4.78 is 16.5. The number of benzene rings is 1. The van der Waals surface area contributed by atoms with Crippen molar-refractivity contribution in [3.63, 3.8) is 0 Å². The monoisotopic (exact) mass is 265 g/mol. The maximum absolute atomic E-state index is 5.50. The quantitative estimate of drug-likeness (QED) is 0.731. The van der Waals surface area contributed by atoms with Gasteiger partial charge in [0.2, 0.25) is 0 Å². The van der Waals surface area contributed by atoms with Crippen LogP contribution in [0.5, 0.6) is 5.75 Å². The fourth-order valence-corrected chi connectivity index (χ4v) is 2.22. The van der Waals surface area contributed by atoms with Gasteiger partial charge in [-0.05, 0) is 31.0 Å². The third-order valence-corrected chi connectivity index (χ3v) is 3.10. The van der Waals surface area contributed by atoms with Gasteiger partial charge in [0.15, 0.2) is 6.29 Å². The van der Waals surface area contributed by atoms with Gasteiger partial charge in [0.05, 0.1) is 6.61 Å². The summed E-state index contributed by atoms with van der Waals surface area (Å²) >= 11 is 0. The normalized spacial score (nSPS) is 13.6. The Morgan fingerprint density at radius 3 is 2.79 bits per heavy atom. The molecule has 1 heterocycles. The number of fused-ring (bicyclic) bond motifs is 1. The second kappa shape index (κ2) is 7.48. The number of hydrogen-bond acceptors (Lipinski definition) is 4. The first-order valence-electron chi connectivity index (χ1n) is 7.02. The van der Waals surface area contributed by atoms with Gasteiger partial charge in [0.25, 0.3) is 0 Å². The SMILES string of the molecule is CCOC(CNCc1ccc2c(c1)CCO2)OCC. The van der Waals surface area contributed by atoms with Gasteiger partial charge in [-0.1, -0.05) is 12.1 Å². The number of ether oxygens (including phenoxy) is 3. The largest absolute Gasteiger partial charge is 0.493 e. The van der Waals surface area contributed by atoms with Gasteiger partial charge in [-0.3, -0.25) is 0 Å². The van der Waals surface area contributed by atoms with E-state index in [0.29, 0.717) is 19.8 Å². The van der Waals surface area contributed by atoms with Crippen LogP contribution in [0, 0.1) is 0 Å². The summed E-state index contributed by atoms with van der Waals surface area (Å²) in [5.41, 5.74) is 2.58. The van der Waals surface area contributed by atoms with Crippen LogP contribution in [-0.2, 0) is 22.4 Å². The highest BCUT2D eigenvalue weighted by atomic mass is 16.7. The molecule has 0 fully saturated rings. The first-order valence-corrected chi connectivity index (χ1v) is 7.02. The molecule has 0 amide bonds. The summed E-state index contributed by atoms with van der Waals surface area (Å²) in [5, 5.41) is 3.37. The Hall–Kier alpha value is -1.10. The van der Waals surface area contributed by atoms with Gasteiger partial charge >= 0.3 is 0 Å². The Morgan fingerprint density at radius 1 is 1.26 bits per heavy atom. The molecule has 19 heavy (non-hydrogen) atoms. The van der Waals surface area contributed by atoms with Crippen LogP contribution < -0.4 is 10.1 Å². The molecule has 0 saturated heterocycles. The third kappa shape index (κ3) is 4.20. The van der Waals surface area contributed by atoms with E-state index in [0.717, 1.165) is 25.3 Å². The van der Waals surface area contributed by atoms with Crippen molar-refractivity contribution in [2.45, 2.75) is 33.1 Å². The fourth-order valence-electron chi connectivity index (χ4n) is 2.22. The third-order valence-electron chi connectivity index (χ3n) is 3.10. The van der Waals surface area contributed by atoms with E-state index in [-0.39, 0.29) is 6.29 Å². The summed E-state index contributed by atoms with van der Waals surface area (Å²) in [5.74, 6) is 1.03. The molecule has 0 unspecified atom stereocenters. The van der Waals surface area contributed by atoms with E-state index in [1.165, 1.54) is 11.1 Å². The minimum Gasteiger partial charge on any atom is -0.493 e. The Morgan fingerprint density at radius 2 is 2.05 bits per heavy atom. The molecule has 1 aliphatic rings. The minimum atomic E-state index is -0.159. The lowest BCUT2D eigenvalue weighted by molar-refractivity contribution is -0.133. The molecule has 1 aromatic rings. The zero-order chi connectivity index (χ0) is 13.5. The van der Waals surface area contributed by atoms with Crippen LogP contribution >= 0.6 is 0 Å². The van der Waals surface area contributed by atoms with Crippen LogP contribution in [0.3, 0.4) is 0 Å². The Bertz CT molecular complexity index is 389. The number of rotatable bonds is 8. The van der Waals surface area contributed by atoms with E-state index >= 15 is 0 Å². The summed E-state index contributed by atoms with van der Waals surface area (Å²) in [7, 11) is 0. The van der Waals surface area contributed by atoms with Gasteiger partial charge in [0.1, 0.15) is 5.75 Å². The summed E-state index contributed by atoms with van der Waals surface area (Å²) in [6.45, 7) is 7.63. The lowest BCUT2D eigenvalue weighted by Crippen LogP contribution is -2.31. The standard InChI is InChI=1S/C15H23NO3/c1-3-17-15(18-4-2)11-16-10-12-5-6-14-13(9-12)7-8-19-14/h5-6,9,15-16H,3-4,7-8,10-11H2,1-2H3. The molecule has 106 valence electrons. The molecular weight excluding hydrogens is 242 g/mol. The van der Waals surface area contributed by atoms with Crippen molar-refractivity contribution in [3.8, 4) is 5.75 Å². The average molecular weight is 265 g/mol. The fraction of sp³-hybridized carbons (Fsp3) is 0.600. The molecule has 4 nitrogen and oxygen atoms in total. The first-order chi connectivity index (χ1) is 9.33. The predicted molar refractivity (Wildman–Crippen MR) is 74.4 cm³/mol. The maximum Gasteiger partial charge on any atom is 0.169 e. The topological polar surface area (TPSA) is 39.7 Å². The molecule has 1 aliphatic heterocycles. The zero-order valence-electron chi connectivity index (χ0n) is 11.8. The molecule has 0 saturated carbocycles. The van der Waals surface area contributed by atoms with Crippen LogP contribution in [0.25, 0.3) is 0 Å². The highest BCUT2D eigenvalue weighted by Gasteiger charge is 2.12. The molecule has 0 atom stereocenters. The summed E-state index contributed by atoms with van der Waals surface area (Å²) in [4.78, 5) is 0. The molecular formula is C15H23NO3. The van der Waals surface area contributed by atoms with Crippen LogP contribution in [-0.4, -0.2) is 32.7 Å². The highest BCUT2D eigenvalue weighted by Crippen LogP contribution is 2.25. The van der Waals surface area contributed by atoms with E-state index in [2.05, 4.69) is 23.5 Å². The summed E-state index contributed by atoms with van der Waals surface area (Å²) in [6.07, 6.45) is 0.858. The Kier molecular flexibility index (Phi) is 5.63. The number of hydrogen-bond donors (Lipinski definition) is 1. The van der Waals surface area contributed by atoms with Crippen molar-refractivity contribution in [3.05, 3.63) is 29.3 Å². The molecule has 0 aliphatic carbocycles. The van der Waals surface area contributed by atoms with Crippen LogP contribution in [0.2, 0.25) is 0 Å². The van der Waals surface area contributed by atoms with Crippen molar-refractivity contribution < 1.29 is 14.2 Å². The first kappa shape index (κ1) is 14.3. The molecule has 4 heteroatoms. The predicted octanol–water partition coefficient (Wildman–Crippen LogP) is 2.11. The van der Waals surface area contributed by atoms with Crippen LogP contribution in [0.4, 0.5) is 0 Å². The second-order valence-corrected chi connectivity index (χ2v) is 4.51. The van der Waals surface area contributed by atoms with E-state index in [1.54, 1.807) is 0 Å². The zero-order valence-corrected chi connectivity index (χ0v) is 11.8. The Balaban J connectivity index is 1.78. The van der Waals surface area contributed by atoms with Gasteiger partial charge in [-0.25, -0.2) is 0 Å². The van der Waals surface area contributed by atoms with E-state index < -0.39 is 0 Å². The molecule has 0 radical (unpaired) electrons. The molecule has 2 rings (SSSR count). The molecule has 0 aromatic heterocycles.